The molecule has 1 aromatic heterocycles. The number of benzene rings is 1. The van der Waals surface area contributed by atoms with Crippen molar-refractivity contribution in [3.63, 3.8) is 0 Å². The fraction of sp³-hybridized carbons (Fsp3) is 0.368. The first kappa shape index (κ1) is 17.2. The van der Waals surface area contributed by atoms with Gasteiger partial charge >= 0.3 is 0 Å². The number of piperazine rings is 1. The van der Waals surface area contributed by atoms with Gasteiger partial charge in [0, 0.05) is 40.3 Å². The summed E-state index contributed by atoms with van der Waals surface area (Å²) in [5, 5.41) is 0. The predicted octanol–water partition coefficient (Wildman–Crippen LogP) is 1.87. The quantitative estimate of drug-likeness (QED) is 0.852. The van der Waals surface area contributed by atoms with E-state index in [2.05, 4.69) is 4.90 Å². The van der Waals surface area contributed by atoms with Gasteiger partial charge in [-0.3, -0.25) is 14.5 Å². The third-order valence-corrected chi connectivity index (χ3v) is 4.52. The van der Waals surface area contributed by atoms with E-state index in [1.165, 1.54) is 12.5 Å². The zero-order chi connectivity index (χ0) is 17.8. The van der Waals surface area contributed by atoms with Crippen LogP contribution in [0.2, 0.25) is 0 Å². The van der Waals surface area contributed by atoms with Crippen molar-refractivity contribution in [3.8, 4) is 0 Å². The summed E-state index contributed by atoms with van der Waals surface area (Å²) >= 11 is 0. The summed E-state index contributed by atoms with van der Waals surface area (Å²) in [6.45, 7) is 2.49. The van der Waals surface area contributed by atoms with E-state index in [4.69, 9.17) is 4.42 Å². The molecule has 1 saturated heterocycles. The maximum atomic E-state index is 12.7. The standard InChI is InChI=1S/C19H23N3O3/c1-20(2)19(24)17(15-6-4-3-5-7-15)21-9-11-22(12-10-21)18(23)16-8-13-25-14-16/h3-8,13-14,17H,9-12H2,1-2H3. The molecule has 0 bridgehead atoms. The van der Waals surface area contributed by atoms with Gasteiger partial charge in [-0.1, -0.05) is 30.3 Å². The fourth-order valence-electron chi connectivity index (χ4n) is 3.14. The molecule has 1 fully saturated rings. The Labute approximate surface area is 147 Å². The van der Waals surface area contributed by atoms with Crippen molar-refractivity contribution < 1.29 is 14.0 Å². The molecular weight excluding hydrogens is 318 g/mol. The predicted molar refractivity (Wildman–Crippen MR) is 94.1 cm³/mol. The summed E-state index contributed by atoms with van der Waals surface area (Å²) in [6.07, 6.45) is 2.97. The highest BCUT2D eigenvalue weighted by Gasteiger charge is 2.32. The van der Waals surface area contributed by atoms with Gasteiger partial charge in [0.25, 0.3) is 5.91 Å². The molecule has 1 aliphatic rings. The van der Waals surface area contributed by atoms with E-state index in [0.717, 1.165) is 5.56 Å². The highest BCUT2D eigenvalue weighted by Crippen LogP contribution is 2.24. The first-order valence-electron chi connectivity index (χ1n) is 8.39. The number of amides is 2. The molecule has 0 radical (unpaired) electrons. The van der Waals surface area contributed by atoms with Crippen molar-refractivity contribution >= 4 is 11.8 Å². The second kappa shape index (κ2) is 7.53. The third kappa shape index (κ3) is 3.74. The van der Waals surface area contributed by atoms with E-state index in [1.54, 1.807) is 25.1 Å². The average Bonchev–Trinajstić information content (AvgIpc) is 3.17. The molecule has 25 heavy (non-hydrogen) atoms. The molecule has 2 amide bonds. The fourth-order valence-corrected chi connectivity index (χ4v) is 3.14. The lowest BCUT2D eigenvalue weighted by Crippen LogP contribution is -2.52. The molecule has 1 unspecified atom stereocenters. The number of hydrogen-bond donors (Lipinski definition) is 0. The molecule has 0 aliphatic carbocycles. The number of likely N-dealkylation sites (N-methyl/N-ethyl adjacent to an activating group) is 1. The van der Waals surface area contributed by atoms with Crippen LogP contribution < -0.4 is 0 Å². The van der Waals surface area contributed by atoms with Crippen molar-refractivity contribution in [2.45, 2.75) is 6.04 Å². The summed E-state index contributed by atoms with van der Waals surface area (Å²) < 4.78 is 4.99. The number of rotatable bonds is 4. The first-order valence-corrected chi connectivity index (χ1v) is 8.39. The minimum Gasteiger partial charge on any atom is -0.472 e. The summed E-state index contributed by atoms with van der Waals surface area (Å²) in [5.41, 5.74) is 1.55. The SMILES string of the molecule is CN(C)C(=O)C(c1ccccc1)N1CCN(C(=O)c2ccoc2)CC1. The maximum absolute atomic E-state index is 12.7. The van der Waals surface area contributed by atoms with Crippen molar-refractivity contribution in [1.29, 1.82) is 0 Å². The van der Waals surface area contributed by atoms with E-state index in [9.17, 15) is 9.59 Å². The van der Waals surface area contributed by atoms with Crippen LogP contribution in [-0.2, 0) is 4.79 Å². The van der Waals surface area contributed by atoms with Crippen molar-refractivity contribution in [2.75, 3.05) is 40.3 Å². The number of carbonyl (C=O) groups is 2. The van der Waals surface area contributed by atoms with Gasteiger partial charge in [0.1, 0.15) is 12.3 Å². The van der Waals surface area contributed by atoms with Crippen LogP contribution in [0.3, 0.4) is 0 Å². The molecule has 0 saturated carbocycles. The topological polar surface area (TPSA) is 57.0 Å². The van der Waals surface area contributed by atoms with Crippen LogP contribution in [0.1, 0.15) is 22.0 Å². The van der Waals surface area contributed by atoms with Gasteiger partial charge < -0.3 is 14.2 Å². The molecule has 132 valence electrons. The number of nitrogens with zero attached hydrogens (tertiary/aromatic N) is 3. The Morgan fingerprint density at radius 3 is 2.28 bits per heavy atom. The molecule has 3 rings (SSSR count). The normalized spacial score (nSPS) is 16.5. The Hall–Kier alpha value is -2.60. The zero-order valence-corrected chi connectivity index (χ0v) is 14.6. The zero-order valence-electron chi connectivity index (χ0n) is 14.6. The van der Waals surface area contributed by atoms with Crippen molar-refractivity contribution in [3.05, 3.63) is 60.1 Å². The van der Waals surface area contributed by atoms with Crippen LogP contribution >= 0.6 is 0 Å². The largest absolute Gasteiger partial charge is 0.472 e. The van der Waals surface area contributed by atoms with Gasteiger partial charge in [0.2, 0.25) is 5.91 Å². The lowest BCUT2D eigenvalue weighted by molar-refractivity contribution is -0.135. The molecule has 1 atom stereocenters. The first-order chi connectivity index (χ1) is 12.1. The summed E-state index contributed by atoms with van der Waals surface area (Å²) in [5.74, 6) is 0.0319. The van der Waals surface area contributed by atoms with Crippen LogP contribution in [0.25, 0.3) is 0 Å². The average molecular weight is 341 g/mol. The van der Waals surface area contributed by atoms with E-state index >= 15 is 0 Å². The van der Waals surface area contributed by atoms with Crippen molar-refractivity contribution in [2.24, 2.45) is 0 Å². The Bertz CT molecular complexity index is 705. The van der Waals surface area contributed by atoms with E-state index in [0.29, 0.717) is 31.7 Å². The van der Waals surface area contributed by atoms with E-state index in [1.807, 2.05) is 35.2 Å². The van der Waals surface area contributed by atoms with E-state index < -0.39 is 0 Å². The number of hydrogen-bond acceptors (Lipinski definition) is 4. The maximum Gasteiger partial charge on any atom is 0.257 e. The highest BCUT2D eigenvalue weighted by molar-refractivity contribution is 5.93. The van der Waals surface area contributed by atoms with Crippen LogP contribution in [0.4, 0.5) is 0 Å². The lowest BCUT2D eigenvalue weighted by atomic mass is 10.0. The van der Waals surface area contributed by atoms with E-state index in [-0.39, 0.29) is 17.9 Å². The summed E-state index contributed by atoms with van der Waals surface area (Å²) in [4.78, 5) is 30.7. The Balaban J connectivity index is 1.72. The van der Waals surface area contributed by atoms with Gasteiger partial charge in [-0.25, -0.2) is 0 Å². The number of carbonyl (C=O) groups excluding carboxylic acids is 2. The van der Waals surface area contributed by atoms with Gasteiger partial charge in [-0.15, -0.1) is 0 Å². The van der Waals surface area contributed by atoms with Crippen LogP contribution in [0, 0.1) is 0 Å². The van der Waals surface area contributed by atoms with Gasteiger partial charge in [0.05, 0.1) is 11.8 Å². The van der Waals surface area contributed by atoms with Crippen molar-refractivity contribution in [1.82, 2.24) is 14.7 Å². The molecule has 1 aliphatic heterocycles. The monoisotopic (exact) mass is 341 g/mol. The van der Waals surface area contributed by atoms with Crippen LogP contribution in [-0.4, -0.2) is 66.8 Å². The molecule has 2 heterocycles. The minimum absolute atomic E-state index is 0.0244. The second-order valence-electron chi connectivity index (χ2n) is 6.39. The molecule has 6 heteroatoms. The summed E-state index contributed by atoms with van der Waals surface area (Å²) in [7, 11) is 3.55. The Kier molecular flexibility index (Phi) is 5.19. The van der Waals surface area contributed by atoms with Gasteiger partial charge in [-0.05, 0) is 11.6 Å². The molecule has 1 aromatic carbocycles. The molecule has 6 nitrogen and oxygen atoms in total. The second-order valence-corrected chi connectivity index (χ2v) is 6.39. The molecule has 0 N–H and O–H groups in total. The van der Waals surface area contributed by atoms with Gasteiger partial charge in [0.15, 0.2) is 0 Å². The molecule has 2 aromatic rings. The summed E-state index contributed by atoms with van der Waals surface area (Å²) in [6, 6.07) is 11.2. The third-order valence-electron chi connectivity index (χ3n) is 4.52. The highest BCUT2D eigenvalue weighted by atomic mass is 16.3. The van der Waals surface area contributed by atoms with Crippen LogP contribution in [0.5, 0.6) is 0 Å². The Morgan fingerprint density at radius 2 is 1.72 bits per heavy atom. The molecule has 0 spiro atoms. The Morgan fingerprint density at radius 1 is 1.04 bits per heavy atom. The van der Waals surface area contributed by atoms with Crippen LogP contribution in [0.15, 0.2) is 53.3 Å². The lowest BCUT2D eigenvalue weighted by Gasteiger charge is -2.39. The number of furan rings is 1. The molecular formula is C19H23N3O3. The smallest absolute Gasteiger partial charge is 0.257 e. The minimum atomic E-state index is -0.317. The van der Waals surface area contributed by atoms with Gasteiger partial charge in [-0.2, -0.15) is 0 Å².